The van der Waals surface area contributed by atoms with Crippen LogP contribution in [0.1, 0.15) is 33.6 Å². The van der Waals surface area contributed by atoms with Crippen molar-refractivity contribution in [2.75, 3.05) is 12.7 Å². The van der Waals surface area contributed by atoms with Crippen LogP contribution in [0.4, 0.5) is 4.79 Å². The first-order chi connectivity index (χ1) is 9.65. The third kappa shape index (κ3) is 10.7. The van der Waals surface area contributed by atoms with Gasteiger partial charge in [0.2, 0.25) is 0 Å². The molecule has 0 spiro atoms. The molecule has 0 amide bonds. The number of aliphatic carboxylic acids is 1. The minimum Gasteiger partial charge on any atom is -0.478 e. The van der Waals surface area contributed by atoms with E-state index in [2.05, 4.69) is 9.47 Å². The van der Waals surface area contributed by atoms with Gasteiger partial charge < -0.3 is 19.3 Å². The largest absolute Gasteiger partial charge is 0.509 e. The number of carbonyl (C=O) groups is 3. The second-order valence-electron chi connectivity index (χ2n) is 4.96. The summed E-state index contributed by atoms with van der Waals surface area (Å²) in [5.41, 5.74) is -0.829. The summed E-state index contributed by atoms with van der Waals surface area (Å²) in [4.78, 5) is 33.3. The second kappa shape index (κ2) is 9.23. The molecule has 0 aliphatic carbocycles. The van der Waals surface area contributed by atoms with Gasteiger partial charge in [0, 0.05) is 11.6 Å². The molecule has 0 saturated heterocycles. The van der Waals surface area contributed by atoms with Crippen molar-refractivity contribution in [3.05, 3.63) is 11.6 Å². The highest BCUT2D eigenvalue weighted by atomic mass is 35.5. The van der Waals surface area contributed by atoms with E-state index in [4.69, 9.17) is 21.4 Å². The average molecular weight is 323 g/mol. The molecule has 21 heavy (non-hydrogen) atoms. The molecule has 7 nitrogen and oxygen atoms in total. The first kappa shape index (κ1) is 19.2. The highest BCUT2D eigenvalue weighted by Crippen LogP contribution is 2.11. The van der Waals surface area contributed by atoms with Gasteiger partial charge in [-0.05, 0) is 33.6 Å². The van der Waals surface area contributed by atoms with Gasteiger partial charge in [0.15, 0.2) is 6.07 Å². The van der Waals surface area contributed by atoms with Crippen LogP contribution in [-0.4, -0.2) is 41.5 Å². The Labute approximate surface area is 127 Å². The third-order valence-electron chi connectivity index (χ3n) is 1.96. The fraction of sp³-hybridized carbons (Fsp3) is 0.615. The zero-order valence-corrected chi connectivity index (χ0v) is 12.9. The molecule has 0 aliphatic heterocycles. The standard InChI is InChI=1S/C13H19ClO7/c1-13(2,3)21-10(15)7-9(11(16)17)5-4-6-19-12(18)20-8-14/h7H,4-6,8H2,1-3H3,(H,16,17)/b9-7+. The van der Waals surface area contributed by atoms with E-state index >= 15 is 0 Å². The summed E-state index contributed by atoms with van der Waals surface area (Å²) in [7, 11) is 0. The normalized spacial score (nSPS) is 11.7. The van der Waals surface area contributed by atoms with Gasteiger partial charge in [-0.3, -0.25) is 0 Å². The van der Waals surface area contributed by atoms with E-state index in [0.29, 0.717) is 0 Å². The number of carbonyl (C=O) groups excluding carboxylic acids is 2. The van der Waals surface area contributed by atoms with E-state index < -0.39 is 23.7 Å². The van der Waals surface area contributed by atoms with Crippen molar-refractivity contribution in [1.29, 1.82) is 0 Å². The van der Waals surface area contributed by atoms with Crippen LogP contribution in [0.15, 0.2) is 11.6 Å². The summed E-state index contributed by atoms with van der Waals surface area (Å²) in [6, 6.07) is -0.322. The van der Waals surface area contributed by atoms with Gasteiger partial charge in [0.05, 0.1) is 6.61 Å². The summed E-state index contributed by atoms with van der Waals surface area (Å²) in [5, 5.41) is 8.99. The van der Waals surface area contributed by atoms with Gasteiger partial charge in [-0.1, -0.05) is 11.6 Å². The Kier molecular flexibility index (Phi) is 8.45. The van der Waals surface area contributed by atoms with Gasteiger partial charge in [0.25, 0.3) is 0 Å². The maximum Gasteiger partial charge on any atom is 0.509 e. The fourth-order valence-corrected chi connectivity index (χ4v) is 1.31. The highest BCUT2D eigenvalue weighted by molar-refractivity contribution is 6.17. The lowest BCUT2D eigenvalue weighted by molar-refractivity contribution is -0.149. The van der Waals surface area contributed by atoms with Crippen molar-refractivity contribution < 1.29 is 33.7 Å². The molecule has 0 saturated carbocycles. The molecule has 0 aromatic carbocycles. The Bertz CT molecular complexity index is 409. The van der Waals surface area contributed by atoms with Crippen LogP contribution >= 0.6 is 11.6 Å². The van der Waals surface area contributed by atoms with Gasteiger partial charge in [-0.25, -0.2) is 14.4 Å². The summed E-state index contributed by atoms with van der Waals surface area (Å²) >= 11 is 5.15. The van der Waals surface area contributed by atoms with Crippen LogP contribution in [0.5, 0.6) is 0 Å². The van der Waals surface area contributed by atoms with Crippen molar-refractivity contribution in [3.63, 3.8) is 0 Å². The van der Waals surface area contributed by atoms with Gasteiger partial charge in [-0.2, -0.15) is 0 Å². The quantitative estimate of drug-likeness (QED) is 0.332. The van der Waals surface area contributed by atoms with Crippen molar-refractivity contribution in [2.24, 2.45) is 0 Å². The minimum atomic E-state index is -1.23. The Morgan fingerprint density at radius 3 is 2.29 bits per heavy atom. The maximum atomic E-state index is 11.5. The van der Waals surface area contributed by atoms with E-state index in [1.54, 1.807) is 20.8 Å². The Morgan fingerprint density at radius 1 is 1.19 bits per heavy atom. The smallest absolute Gasteiger partial charge is 0.478 e. The zero-order valence-electron chi connectivity index (χ0n) is 12.2. The summed E-state index contributed by atoms with van der Waals surface area (Å²) in [5.74, 6) is -1.97. The molecule has 0 atom stereocenters. The summed E-state index contributed by atoms with van der Waals surface area (Å²) < 4.78 is 13.9. The van der Waals surface area contributed by atoms with E-state index in [1.807, 2.05) is 0 Å². The number of rotatable bonds is 7. The number of esters is 1. The minimum absolute atomic E-state index is 0.0444. The summed E-state index contributed by atoms with van der Waals surface area (Å²) in [6.07, 6.45) is 0.254. The highest BCUT2D eigenvalue weighted by Gasteiger charge is 2.17. The number of hydrogen-bond donors (Lipinski definition) is 1. The second-order valence-corrected chi connectivity index (χ2v) is 5.18. The fourth-order valence-electron chi connectivity index (χ4n) is 1.22. The lowest BCUT2D eigenvalue weighted by Gasteiger charge is -2.18. The van der Waals surface area contributed by atoms with Crippen molar-refractivity contribution >= 4 is 29.7 Å². The zero-order chi connectivity index (χ0) is 16.5. The molecule has 8 heteroatoms. The SMILES string of the molecule is CC(C)(C)OC(=O)/C=C(\CCCOC(=O)OCCl)C(=O)O. The lowest BCUT2D eigenvalue weighted by atomic mass is 10.1. The van der Waals surface area contributed by atoms with E-state index in [1.165, 1.54) is 0 Å². The van der Waals surface area contributed by atoms with E-state index in [9.17, 15) is 14.4 Å². The van der Waals surface area contributed by atoms with E-state index in [-0.39, 0.29) is 31.1 Å². The number of halogens is 1. The van der Waals surface area contributed by atoms with Crippen LogP contribution in [0, 0.1) is 0 Å². The number of hydrogen-bond acceptors (Lipinski definition) is 6. The van der Waals surface area contributed by atoms with Gasteiger partial charge in [-0.15, -0.1) is 0 Å². The lowest BCUT2D eigenvalue weighted by Crippen LogP contribution is -2.23. The van der Waals surface area contributed by atoms with Gasteiger partial charge >= 0.3 is 18.1 Å². The molecular formula is C13H19ClO7. The monoisotopic (exact) mass is 322 g/mol. The van der Waals surface area contributed by atoms with Crippen molar-refractivity contribution in [2.45, 2.75) is 39.2 Å². The molecule has 0 aliphatic rings. The Balaban J connectivity index is 4.35. The number of ether oxygens (including phenoxy) is 3. The molecular weight excluding hydrogens is 304 g/mol. The van der Waals surface area contributed by atoms with Crippen LogP contribution in [-0.2, 0) is 23.8 Å². The van der Waals surface area contributed by atoms with E-state index in [0.717, 1.165) is 6.08 Å². The molecule has 120 valence electrons. The van der Waals surface area contributed by atoms with Crippen LogP contribution in [0.25, 0.3) is 0 Å². The predicted octanol–water partition coefficient (Wildman–Crippen LogP) is 2.47. The first-order valence-corrected chi connectivity index (χ1v) is 6.71. The van der Waals surface area contributed by atoms with Crippen LogP contribution in [0.3, 0.4) is 0 Å². The molecule has 0 aromatic rings. The maximum absolute atomic E-state index is 11.5. The number of alkyl halides is 1. The van der Waals surface area contributed by atoms with Crippen LogP contribution < -0.4 is 0 Å². The van der Waals surface area contributed by atoms with Crippen molar-refractivity contribution in [3.8, 4) is 0 Å². The number of carboxylic acid groups (broad SMARTS) is 1. The predicted molar refractivity (Wildman–Crippen MR) is 74.0 cm³/mol. The first-order valence-electron chi connectivity index (χ1n) is 6.18. The summed E-state index contributed by atoms with van der Waals surface area (Å²) in [6.45, 7) is 4.98. The van der Waals surface area contributed by atoms with Crippen LogP contribution in [0.2, 0.25) is 0 Å². The Morgan fingerprint density at radius 2 is 1.81 bits per heavy atom. The third-order valence-corrected chi connectivity index (χ3v) is 2.07. The van der Waals surface area contributed by atoms with Crippen molar-refractivity contribution in [1.82, 2.24) is 0 Å². The topological polar surface area (TPSA) is 99.1 Å². The average Bonchev–Trinajstić information content (AvgIpc) is 2.30. The molecule has 0 rings (SSSR count). The number of carboxylic acids is 1. The Hall–Kier alpha value is -1.76. The molecule has 0 bridgehead atoms. The molecule has 1 N–H and O–H groups in total. The molecule has 0 heterocycles. The molecule has 0 unspecified atom stereocenters. The molecule has 0 fully saturated rings. The molecule has 0 aromatic heterocycles. The van der Waals surface area contributed by atoms with Gasteiger partial charge in [0.1, 0.15) is 5.60 Å². The molecule has 0 radical (unpaired) electrons.